The van der Waals surface area contributed by atoms with E-state index in [0.717, 1.165) is 12.0 Å². The normalized spacial score (nSPS) is 13.2. The number of hydrogen-bond donors (Lipinski definition) is 2. The Kier molecular flexibility index (Phi) is 6.73. The molecule has 0 radical (unpaired) electrons. The minimum atomic E-state index is -0.228. The van der Waals surface area contributed by atoms with Gasteiger partial charge in [0.1, 0.15) is 5.82 Å². The van der Waals surface area contributed by atoms with Crippen LogP contribution in [0.4, 0.5) is 4.39 Å². The summed E-state index contributed by atoms with van der Waals surface area (Å²) in [6.45, 7) is 7.11. The van der Waals surface area contributed by atoms with E-state index in [2.05, 4.69) is 55.7 Å². The number of halogens is 1. The Balaban J connectivity index is 1.85. The predicted octanol–water partition coefficient (Wildman–Crippen LogP) is 5.06. The van der Waals surface area contributed by atoms with Gasteiger partial charge in [-0.3, -0.25) is 0 Å². The second kappa shape index (κ2) is 8.78. The molecule has 0 saturated carbocycles. The molecule has 0 aromatic heterocycles. The average Bonchev–Trinajstić information content (AvgIpc) is 2.60. The van der Waals surface area contributed by atoms with E-state index in [1.807, 2.05) is 0 Å². The van der Waals surface area contributed by atoms with Gasteiger partial charge in [0.2, 0.25) is 0 Å². The summed E-state index contributed by atoms with van der Waals surface area (Å²) >= 11 is 5.34. The lowest BCUT2D eigenvalue weighted by atomic mass is 9.96. The lowest BCUT2D eigenvalue weighted by Gasteiger charge is -2.18. The molecule has 0 aliphatic carbocycles. The summed E-state index contributed by atoms with van der Waals surface area (Å²) in [5.74, 6) is 0.356. The molecule has 2 aromatic carbocycles. The van der Waals surface area contributed by atoms with Crippen LogP contribution < -0.4 is 10.6 Å². The SMILES string of the molecule is CCC(C)c1ccc(C(C)NC(=S)NCc2ccc(F)cc2)cc1. The molecular formula is C20H25FN2S. The van der Waals surface area contributed by atoms with Crippen LogP contribution in [0.5, 0.6) is 0 Å². The lowest BCUT2D eigenvalue weighted by Crippen LogP contribution is -2.36. The van der Waals surface area contributed by atoms with Gasteiger partial charge in [0.25, 0.3) is 0 Å². The number of benzene rings is 2. The molecule has 0 saturated heterocycles. The zero-order valence-electron chi connectivity index (χ0n) is 14.5. The van der Waals surface area contributed by atoms with Crippen LogP contribution in [0, 0.1) is 5.82 Å². The summed E-state index contributed by atoms with van der Waals surface area (Å²) in [6.07, 6.45) is 1.14. The van der Waals surface area contributed by atoms with Gasteiger partial charge in [-0.25, -0.2) is 4.39 Å². The molecule has 2 N–H and O–H groups in total. The smallest absolute Gasteiger partial charge is 0.167 e. The van der Waals surface area contributed by atoms with Gasteiger partial charge in [0.15, 0.2) is 5.11 Å². The van der Waals surface area contributed by atoms with Crippen LogP contribution in [0.15, 0.2) is 48.5 Å². The topological polar surface area (TPSA) is 24.1 Å². The fraction of sp³-hybridized carbons (Fsp3) is 0.350. The van der Waals surface area contributed by atoms with Gasteiger partial charge < -0.3 is 10.6 Å². The lowest BCUT2D eigenvalue weighted by molar-refractivity contribution is 0.626. The van der Waals surface area contributed by atoms with Gasteiger partial charge in [-0.2, -0.15) is 0 Å². The van der Waals surface area contributed by atoms with Gasteiger partial charge in [-0.15, -0.1) is 0 Å². The Morgan fingerprint density at radius 3 is 2.17 bits per heavy atom. The van der Waals surface area contributed by atoms with Crippen molar-refractivity contribution in [3.8, 4) is 0 Å². The molecule has 0 amide bonds. The summed E-state index contributed by atoms with van der Waals surface area (Å²) < 4.78 is 12.9. The first-order valence-corrected chi connectivity index (χ1v) is 8.79. The third kappa shape index (κ3) is 5.31. The summed E-state index contributed by atoms with van der Waals surface area (Å²) in [6, 6.07) is 15.2. The van der Waals surface area contributed by atoms with Gasteiger partial charge in [0.05, 0.1) is 6.04 Å². The van der Waals surface area contributed by atoms with Gasteiger partial charge in [-0.05, 0) is 60.3 Å². The van der Waals surface area contributed by atoms with E-state index >= 15 is 0 Å². The van der Waals surface area contributed by atoms with E-state index < -0.39 is 0 Å². The molecule has 2 atom stereocenters. The van der Waals surface area contributed by atoms with E-state index in [1.165, 1.54) is 23.3 Å². The predicted molar refractivity (Wildman–Crippen MR) is 103 cm³/mol. The Morgan fingerprint density at radius 2 is 1.58 bits per heavy atom. The molecule has 2 rings (SSSR count). The van der Waals surface area contributed by atoms with Crippen LogP contribution in [0.2, 0.25) is 0 Å². The van der Waals surface area contributed by atoms with Crippen molar-refractivity contribution >= 4 is 17.3 Å². The molecule has 128 valence electrons. The molecule has 0 bridgehead atoms. The molecular weight excluding hydrogens is 319 g/mol. The zero-order chi connectivity index (χ0) is 17.5. The Bertz CT molecular complexity index is 652. The van der Waals surface area contributed by atoms with Crippen molar-refractivity contribution < 1.29 is 4.39 Å². The molecule has 4 heteroatoms. The van der Waals surface area contributed by atoms with Crippen LogP contribution in [0.1, 0.15) is 55.8 Å². The average molecular weight is 344 g/mol. The van der Waals surface area contributed by atoms with Crippen LogP contribution >= 0.6 is 12.2 Å². The first-order chi connectivity index (χ1) is 11.5. The molecule has 2 unspecified atom stereocenters. The Labute approximate surface area is 149 Å². The van der Waals surface area contributed by atoms with Crippen molar-refractivity contribution in [2.24, 2.45) is 0 Å². The number of rotatable bonds is 6. The van der Waals surface area contributed by atoms with Crippen molar-refractivity contribution in [2.75, 3.05) is 0 Å². The second-order valence-corrected chi connectivity index (χ2v) is 6.56. The van der Waals surface area contributed by atoms with Gasteiger partial charge in [-0.1, -0.05) is 50.2 Å². The third-order valence-corrected chi connectivity index (χ3v) is 4.59. The maximum atomic E-state index is 12.9. The molecule has 0 aliphatic rings. The number of thiocarbonyl (C=S) groups is 1. The monoisotopic (exact) mass is 344 g/mol. The van der Waals surface area contributed by atoms with E-state index in [1.54, 1.807) is 12.1 Å². The second-order valence-electron chi connectivity index (χ2n) is 6.15. The molecule has 2 nitrogen and oxygen atoms in total. The zero-order valence-corrected chi connectivity index (χ0v) is 15.3. The number of nitrogens with one attached hydrogen (secondary N) is 2. The fourth-order valence-corrected chi connectivity index (χ4v) is 2.71. The van der Waals surface area contributed by atoms with E-state index in [9.17, 15) is 4.39 Å². The Hall–Kier alpha value is -1.94. The molecule has 24 heavy (non-hydrogen) atoms. The van der Waals surface area contributed by atoms with Crippen LogP contribution in [-0.4, -0.2) is 5.11 Å². The quantitative estimate of drug-likeness (QED) is 0.716. The molecule has 0 fully saturated rings. The fourth-order valence-electron chi connectivity index (χ4n) is 2.46. The highest BCUT2D eigenvalue weighted by Gasteiger charge is 2.08. The summed E-state index contributed by atoms with van der Waals surface area (Å²) in [5, 5.41) is 7.04. The largest absolute Gasteiger partial charge is 0.359 e. The van der Waals surface area contributed by atoms with Crippen LogP contribution in [0.25, 0.3) is 0 Å². The minimum Gasteiger partial charge on any atom is -0.359 e. The van der Waals surface area contributed by atoms with Crippen molar-refractivity contribution in [3.05, 3.63) is 71.0 Å². The summed E-state index contributed by atoms with van der Waals surface area (Å²) in [4.78, 5) is 0. The highest BCUT2D eigenvalue weighted by atomic mass is 32.1. The molecule has 0 spiro atoms. The minimum absolute atomic E-state index is 0.129. The number of hydrogen-bond acceptors (Lipinski definition) is 1. The van der Waals surface area contributed by atoms with Gasteiger partial charge >= 0.3 is 0 Å². The van der Waals surface area contributed by atoms with E-state index in [4.69, 9.17) is 12.2 Å². The summed E-state index contributed by atoms with van der Waals surface area (Å²) in [5.41, 5.74) is 3.56. The Morgan fingerprint density at radius 1 is 1.00 bits per heavy atom. The van der Waals surface area contributed by atoms with Crippen LogP contribution in [-0.2, 0) is 6.54 Å². The van der Waals surface area contributed by atoms with E-state index in [0.29, 0.717) is 17.6 Å². The van der Waals surface area contributed by atoms with Crippen LogP contribution in [0.3, 0.4) is 0 Å². The molecule has 0 heterocycles. The summed E-state index contributed by atoms with van der Waals surface area (Å²) in [7, 11) is 0. The highest BCUT2D eigenvalue weighted by Crippen LogP contribution is 2.21. The maximum absolute atomic E-state index is 12.9. The molecule has 0 aliphatic heterocycles. The maximum Gasteiger partial charge on any atom is 0.167 e. The van der Waals surface area contributed by atoms with E-state index in [-0.39, 0.29) is 11.9 Å². The van der Waals surface area contributed by atoms with Crippen molar-refractivity contribution in [1.82, 2.24) is 10.6 Å². The highest BCUT2D eigenvalue weighted by molar-refractivity contribution is 7.80. The van der Waals surface area contributed by atoms with Crippen molar-refractivity contribution in [1.29, 1.82) is 0 Å². The van der Waals surface area contributed by atoms with Crippen molar-refractivity contribution in [2.45, 2.75) is 45.7 Å². The van der Waals surface area contributed by atoms with Gasteiger partial charge in [0, 0.05) is 6.54 Å². The standard InChI is InChI=1S/C20H25FN2S/c1-4-14(2)17-7-9-18(10-8-17)15(3)23-20(24)22-13-16-5-11-19(21)12-6-16/h5-12,14-15H,4,13H2,1-3H3,(H2,22,23,24). The first-order valence-electron chi connectivity index (χ1n) is 8.38. The first kappa shape index (κ1) is 18.4. The molecule has 2 aromatic rings. The van der Waals surface area contributed by atoms with Crippen molar-refractivity contribution in [3.63, 3.8) is 0 Å². The third-order valence-electron chi connectivity index (χ3n) is 4.33.